The molecule has 0 saturated carbocycles. The predicted octanol–water partition coefficient (Wildman–Crippen LogP) is 3.29. The molecule has 0 N–H and O–H groups in total. The van der Waals surface area contributed by atoms with Crippen LogP contribution in [0, 0.1) is 0 Å². The highest BCUT2D eigenvalue weighted by Crippen LogP contribution is 2.22. The first-order chi connectivity index (χ1) is 6.24. The molecular weight excluding hydrogens is 207 g/mol. The maximum atomic E-state index is 9.98. The maximum absolute atomic E-state index is 9.98. The smallest absolute Gasteiger partial charge is 0.142 e. The summed E-state index contributed by atoms with van der Waals surface area (Å²) in [5, 5.41) is 1.09. The van der Waals surface area contributed by atoms with Gasteiger partial charge in [-0.15, -0.1) is 0 Å². The van der Waals surface area contributed by atoms with E-state index in [1.807, 2.05) is 6.07 Å². The Hall–Kier alpha value is -0.790. The van der Waals surface area contributed by atoms with Gasteiger partial charge in [0.25, 0.3) is 0 Å². The molecule has 0 unspecified atom stereocenters. The molecule has 0 aromatic heterocycles. The van der Waals surface area contributed by atoms with E-state index >= 15 is 0 Å². The third-order valence-corrected chi connectivity index (χ3v) is 2.29. The van der Waals surface area contributed by atoms with Gasteiger partial charge < -0.3 is 0 Å². The number of allylic oxidation sites excluding steroid dienone is 2. The average Bonchev–Trinajstić information content (AvgIpc) is 2.12. The zero-order valence-electron chi connectivity index (χ0n) is 6.84. The van der Waals surface area contributed by atoms with Gasteiger partial charge in [-0.2, -0.15) is 0 Å². The molecule has 1 aromatic rings. The molecule has 68 valence electrons. The topological polar surface area (TPSA) is 17.1 Å². The van der Waals surface area contributed by atoms with Gasteiger partial charge in [0.1, 0.15) is 6.29 Å². The summed E-state index contributed by atoms with van der Waals surface area (Å²) in [7, 11) is 0. The summed E-state index contributed by atoms with van der Waals surface area (Å²) in [6.45, 7) is 0. The maximum Gasteiger partial charge on any atom is 0.142 e. The third-order valence-electron chi connectivity index (χ3n) is 1.55. The molecule has 0 heterocycles. The summed E-state index contributed by atoms with van der Waals surface area (Å²) in [5.41, 5.74) is 1.03. The van der Waals surface area contributed by atoms with E-state index in [9.17, 15) is 4.79 Å². The molecule has 1 aromatic carbocycles. The summed E-state index contributed by atoms with van der Waals surface area (Å²) in [6.07, 6.45) is 4.67. The summed E-state index contributed by atoms with van der Waals surface area (Å²) >= 11 is 11.5. The number of rotatable bonds is 3. The van der Waals surface area contributed by atoms with Gasteiger partial charge in [0.2, 0.25) is 0 Å². The largest absolute Gasteiger partial charge is 0.299 e. The highest BCUT2D eigenvalue weighted by Gasteiger charge is 1.97. The van der Waals surface area contributed by atoms with Gasteiger partial charge in [-0.3, -0.25) is 4.79 Å². The van der Waals surface area contributed by atoms with Crippen LogP contribution in [0.25, 0.3) is 0 Å². The van der Waals surface area contributed by atoms with Crippen molar-refractivity contribution in [2.45, 2.75) is 6.42 Å². The van der Waals surface area contributed by atoms with E-state index < -0.39 is 0 Å². The van der Waals surface area contributed by atoms with Crippen molar-refractivity contribution in [2.75, 3.05) is 0 Å². The van der Waals surface area contributed by atoms with Gasteiger partial charge >= 0.3 is 0 Å². The third kappa shape index (κ3) is 3.21. The summed E-state index contributed by atoms with van der Waals surface area (Å²) < 4.78 is 0. The van der Waals surface area contributed by atoms with Crippen LogP contribution < -0.4 is 0 Å². The van der Waals surface area contributed by atoms with E-state index in [2.05, 4.69) is 0 Å². The summed E-state index contributed by atoms with van der Waals surface area (Å²) in [4.78, 5) is 9.98. The van der Waals surface area contributed by atoms with E-state index in [1.165, 1.54) is 6.08 Å². The number of hydrogen-bond donors (Lipinski definition) is 0. The van der Waals surface area contributed by atoms with Crippen molar-refractivity contribution < 1.29 is 4.79 Å². The lowest BCUT2D eigenvalue weighted by Gasteiger charge is -1.98. The quantitative estimate of drug-likeness (QED) is 0.558. The fourth-order valence-electron chi connectivity index (χ4n) is 0.926. The zero-order chi connectivity index (χ0) is 9.68. The molecule has 0 fully saturated rings. The van der Waals surface area contributed by atoms with Crippen LogP contribution in [0.5, 0.6) is 0 Å². The average molecular weight is 215 g/mol. The van der Waals surface area contributed by atoms with Gasteiger partial charge in [0.05, 0.1) is 10.0 Å². The number of benzene rings is 1. The molecular formula is C10H8Cl2O. The number of halogens is 2. The van der Waals surface area contributed by atoms with Crippen molar-refractivity contribution in [3.05, 3.63) is 46.0 Å². The molecule has 0 spiro atoms. The SMILES string of the molecule is O=CC=CCc1ccc(Cl)c(Cl)c1. The van der Waals surface area contributed by atoms with Crippen LogP contribution in [0.1, 0.15) is 5.56 Å². The minimum atomic E-state index is 0.540. The lowest BCUT2D eigenvalue weighted by atomic mass is 10.1. The molecule has 0 amide bonds. The second kappa shape index (κ2) is 5.05. The van der Waals surface area contributed by atoms with E-state index in [0.717, 1.165) is 11.8 Å². The van der Waals surface area contributed by atoms with Crippen LogP contribution in [0.4, 0.5) is 0 Å². The predicted molar refractivity (Wildman–Crippen MR) is 55.4 cm³/mol. The van der Waals surface area contributed by atoms with Crippen molar-refractivity contribution in [3.63, 3.8) is 0 Å². The van der Waals surface area contributed by atoms with Crippen LogP contribution in [0.15, 0.2) is 30.4 Å². The van der Waals surface area contributed by atoms with Crippen molar-refractivity contribution in [2.24, 2.45) is 0 Å². The van der Waals surface area contributed by atoms with Gasteiger partial charge in [-0.1, -0.05) is 35.3 Å². The molecule has 0 aliphatic carbocycles. The normalized spacial score (nSPS) is 10.6. The van der Waals surface area contributed by atoms with Gasteiger partial charge in [0, 0.05) is 0 Å². The molecule has 1 nitrogen and oxygen atoms in total. The second-order valence-corrected chi connectivity index (χ2v) is 3.33. The molecule has 0 bridgehead atoms. The first kappa shape index (κ1) is 10.3. The number of carbonyl (C=O) groups is 1. The Morgan fingerprint density at radius 2 is 2.00 bits per heavy atom. The van der Waals surface area contributed by atoms with E-state index in [0.29, 0.717) is 16.5 Å². The van der Waals surface area contributed by atoms with Crippen LogP contribution in [-0.4, -0.2) is 6.29 Å². The second-order valence-electron chi connectivity index (χ2n) is 2.52. The van der Waals surface area contributed by atoms with Gasteiger partial charge in [-0.25, -0.2) is 0 Å². The fourth-order valence-corrected chi connectivity index (χ4v) is 1.25. The van der Waals surface area contributed by atoms with Crippen molar-refractivity contribution in [3.8, 4) is 0 Å². The minimum Gasteiger partial charge on any atom is -0.299 e. The Kier molecular flexibility index (Phi) is 4.00. The van der Waals surface area contributed by atoms with Crippen LogP contribution in [-0.2, 0) is 11.2 Å². The van der Waals surface area contributed by atoms with Gasteiger partial charge in [-0.05, 0) is 30.2 Å². The Balaban J connectivity index is 2.73. The molecule has 1 rings (SSSR count). The Bertz CT molecular complexity index is 332. The number of carbonyl (C=O) groups excluding carboxylic acids is 1. The Morgan fingerprint density at radius 3 is 2.62 bits per heavy atom. The molecule has 13 heavy (non-hydrogen) atoms. The van der Waals surface area contributed by atoms with Crippen LogP contribution >= 0.6 is 23.2 Å². The van der Waals surface area contributed by atoms with Crippen LogP contribution in [0.2, 0.25) is 10.0 Å². The standard InChI is InChI=1S/C10H8Cl2O/c11-9-5-4-8(7-10(9)12)3-1-2-6-13/h1-2,4-7H,3H2. The van der Waals surface area contributed by atoms with E-state index in [4.69, 9.17) is 23.2 Å². The number of hydrogen-bond acceptors (Lipinski definition) is 1. The lowest BCUT2D eigenvalue weighted by molar-refractivity contribution is -0.104. The Morgan fingerprint density at radius 1 is 1.23 bits per heavy atom. The summed E-state index contributed by atoms with van der Waals surface area (Å²) in [5.74, 6) is 0. The Labute approximate surface area is 87.0 Å². The van der Waals surface area contributed by atoms with E-state index in [1.54, 1.807) is 18.2 Å². The first-order valence-corrected chi connectivity index (χ1v) is 4.54. The molecule has 0 aliphatic rings. The van der Waals surface area contributed by atoms with Crippen molar-refractivity contribution in [1.82, 2.24) is 0 Å². The summed E-state index contributed by atoms with van der Waals surface area (Å²) in [6, 6.07) is 5.41. The van der Waals surface area contributed by atoms with E-state index in [-0.39, 0.29) is 0 Å². The molecule has 3 heteroatoms. The molecule has 0 saturated heterocycles. The van der Waals surface area contributed by atoms with Gasteiger partial charge in [0.15, 0.2) is 0 Å². The highest BCUT2D eigenvalue weighted by atomic mass is 35.5. The lowest BCUT2D eigenvalue weighted by Crippen LogP contribution is -1.81. The zero-order valence-corrected chi connectivity index (χ0v) is 8.35. The first-order valence-electron chi connectivity index (χ1n) is 3.78. The van der Waals surface area contributed by atoms with Crippen LogP contribution in [0.3, 0.4) is 0 Å². The fraction of sp³-hybridized carbons (Fsp3) is 0.100. The minimum absolute atomic E-state index is 0.540. The number of aldehydes is 1. The molecule has 0 atom stereocenters. The van der Waals surface area contributed by atoms with Crippen molar-refractivity contribution in [1.29, 1.82) is 0 Å². The monoisotopic (exact) mass is 214 g/mol. The molecule has 0 radical (unpaired) electrons. The highest BCUT2D eigenvalue weighted by molar-refractivity contribution is 6.42. The molecule has 0 aliphatic heterocycles. The van der Waals surface area contributed by atoms with Crippen molar-refractivity contribution >= 4 is 29.5 Å².